The molecule has 1 amide bonds. The third kappa shape index (κ3) is 2.29. The Bertz CT molecular complexity index is 855. The van der Waals surface area contributed by atoms with Gasteiger partial charge in [0.25, 0.3) is 5.91 Å². The molecule has 0 fully saturated rings. The highest BCUT2D eigenvalue weighted by atomic mass is 16.3. The molecule has 0 aliphatic heterocycles. The quantitative estimate of drug-likeness (QED) is 0.635. The van der Waals surface area contributed by atoms with Crippen molar-refractivity contribution >= 4 is 28.2 Å². The molecular weight excluding hydrogens is 272 g/mol. The van der Waals surface area contributed by atoms with Gasteiger partial charge in [-0.25, -0.2) is 0 Å². The van der Waals surface area contributed by atoms with Crippen molar-refractivity contribution in [3.8, 4) is 5.75 Å². The van der Waals surface area contributed by atoms with Gasteiger partial charge in [-0.1, -0.05) is 30.3 Å². The summed E-state index contributed by atoms with van der Waals surface area (Å²) in [4.78, 5) is 11.1. The highest BCUT2D eigenvalue weighted by Crippen LogP contribution is 2.35. The predicted molar refractivity (Wildman–Crippen MR) is 74.7 cm³/mol. The first-order valence-electron chi connectivity index (χ1n) is 6.00. The van der Waals surface area contributed by atoms with Crippen LogP contribution in [0, 0.1) is 0 Å². The largest absolute Gasteiger partial charge is 0.506 e. The minimum atomic E-state index is -0.764. The summed E-state index contributed by atoms with van der Waals surface area (Å²) >= 11 is 0. The molecule has 3 aromatic rings. The number of aromatic amines is 1. The number of carbonyl (C=O) groups is 1. The molecule has 8 heteroatoms. The summed E-state index contributed by atoms with van der Waals surface area (Å²) in [5.74, 6) is -0.823. The number of H-pyrrole nitrogens is 1. The summed E-state index contributed by atoms with van der Waals surface area (Å²) in [5, 5.41) is 28.9. The van der Waals surface area contributed by atoms with Gasteiger partial charge in [0, 0.05) is 5.39 Å². The van der Waals surface area contributed by atoms with E-state index < -0.39 is 5.91 Å². The van der Waals surface area contributed by atoms with Crippen LogP contribution in [0.15, 0.2) is 46.6 Å². The van der Waals surface area contributed by atoms with Crippen LogP contribution in [0.25, 0.3) is 10.8 Å². The zero-order valence-corrected chi connectivity index (χ0v) is 10.7. The second-order valence-electron chi connectivity index (χ2n) is 4.21. The van der Waals surface area contributed by atoms with Crippen LogP contribution in [-0.2, 0) is 0 Å². The van der Waals surface area contributed by atoms with Crippen LogP contribution < -0.4 is 5.73 Å². The van der Waals surface area contributed by atoms with E-state index >= 15 is 0 Å². The number of azo groups is 1. The number of nitrogens with one attached hydrogen (secondary N) is 1. The fourth-order valence-corrected chi connectivity index (χ4v) is 1.91. The number of nitrogens with two attached hydrogens (primary N) is 1. The Balaban J connectivity index is 2.09. The van der Waals surface area contributed by atoms with Gasteiger partial charge in [0.05, 0.1) is 0 Å². The molecule has 3 rings (SSSR count). The number of amides is 1. The summed E-state index contributed by atoms with van der Waals surface area (Å²) in [6.45, 7) is 0. The molecule has 0 bridgehead atoms. The minimum Gasteiger partial charge on any atom is -0.506 e. The molecule has 0 unspecified atom stereocenters. The van der Waals surface area contributed by atoms with Crippen LogP contribution in [-0.4, -0.2) is 26.4 Å². The molecular formula is C13H10N6O2. The van der Waals surface area contributed by atoms with Gasteiger partial charge in [-0.2, -0.15) is 5.21 Å². The number of hydrogen-bond acceptors (Lipinski definition) is 6. The third-order valence-electron chi connectivity index (χ3n) is 2.89. The maximum atomic E-state index is 11.1. The zero-order chi connectivity index (χ0) is 14.8. The minimum absolute atomic E-state index is 0.0263. The Morgan fingerprint density at radius 1 is 1.14 bits per heavy atom. The first-order valence-corrected chi connectivity index (χ1v) is 6.00. The summed E-state index contributed by atoms with van der Waals surface area (Å²) in [6, 6.07) is 10.7. The number of aromatic hydroxyl groups is 1. The molecule has 0 radical (unpaired) electrons. The second kappa shape index (κ2) is 5.00. The van der Waals surface area contributed by atoms with Crippen molar-refractivity contribution in [2.45, 2.75) is 0 Å². The Hall–Kier alpha value is -3.29. The molecule has 0 saturated carbocycles. The van der Waals surface area contributed by atoms with Crippen molar-refractivity contribution in [2.24, 2.45) is 16.0 Å². The number of carbonyl (C=O) groups excluding carboxylic acids is 1. The van der Waals surface area contributed by atoms with E-state index in [2.05, 4.69) is 25.6 Å². The Kier molecular flexibility index (Phi) is 3.03. The van der Waals surface area contributed by atoms with Gasteiger partial charge in [0.1, 0.15) is 11.4 Å². The lowest BCUT2D eigenvalue weighted by Gasteiger charge is -2.03. The van der Waals surface area contributed by atoms with Gasteiger partial charge in [-0.3, -0.25) is 4.79 Å². The normalized spacial score (nSPS) is 11.2. The third-order valence-corrected chi connectivity index (χ3v) is 2.89. The van der Waals surface area contributed by atoms with Crippen LogP contribution >= 0.6 is 0 Å². The average Bonchev–Trinajstić information content (AvgIpc) is 2.95. The number of benzene rings is 2. The van der Waals surface area contributed by atoms with E-state index in [0.29, 0.717) is 0 Å². The molecule has 0 aliphatic rings. The molecule has 0 atom stereocenters. The van der Waals surface area contributed by atoms with E-state index in [1.54, 1.807) is 12.1 Å². The van der Waals surface area contributed by atoms with Crippen molar-refractivity contribution in [3.63, 3.8) is 0 Å². The van der Waals surface area contributed by atoms with Crippen LogP contribution in [0.1, 0.15) is 10.5 Å². The molecule has 104 valence electrons. The van der Waals surface area contributed by atoms with Gasteiger partial charge >= 0.3 is 0 Å². The van der Waals surface area contributed by atoms with Gasteiger partial charge in [-0.05, 0) is 11.5 Å². The fourth-order valence-electron chi connectivity index (χ4n) is 1.91. The zero-order valence-electron chi connectivity index (χ0n) is 10.7. The van der Waals surface area contributed by atoms with Crippen molar-refractivity contribution in [3.05, 3.63) is 42.1 Å². The number of rotatable bonds is 3. The van der Waals surface area contributed by atoms with Crippen molar-refractivity contribution < 1.29 is 9.90 Å². The Morgan fingerprint density at radius 3 is 2.76 bits per heavy atom. The maximum Gasteiger partial charge on any atom is 0.273 e. The number of aromatic nitrogens is 3. The summed E-state index contributed by atoms with van der Waals surface area (Å²) in [6.07, 6.45) is 0. The average molecular weight is 282 g/mol. The molecule has 0 saturated heterocycles. The molecule has 8 nitrogen and oxygen atoms in total. The molecule has 0 spiro atoms. The van der Waals surface area contributed by atoms with Crippen LogP contribution in [0.4, 0.5) is 11.5 Å². The Labute approximate surface area is 118 Å². The van der Waals surface area contributed by atoms with E-state index in [0.717, 1.165) is 10.8 Å². The van der Waals surface area contributed by atoms with Crippen molar-refractivity contribution in [2.75, 3.05) is 0 Å². The van der Waals surface area contributed by atoms with Gasteiger partial charge < -0.3 is 10.8 Å². The molecule has 2 aromatic carbocycles. The number of phenolic OH excluding ortho intramolecular Hbond substituents is 1. The maximum absolute atomic E-state index is 11.1. The SMILES string of the molecule is NC(=O)c1n[nH]nc1N=Nc1c(O)ccc2ccccc12. The van der Waals surface area contributed by atoms with Crippen molar-refractivity contribution in [1.82, 2.24) is 15.4 Å². The topological polar surface area (TPSA) is 130 Å². The molecule has 21 heavy (non-hydrogen) atoms. The predicted octanol–water partition coefficient (Wildman–Crippen LogP) is 2.18. The monoisotopic (exact) mass is 282 g/mol. The summed E-state index contributed by atoms with van der Waals surface area (Å²) < 4.78 is 0. The number of hydrogen-bond donors (Lipinski definition) is 3. The number of nitrogens with zero attached hydrogens (tertiary/aromatic N) is 4. The van der Waals surface area contributed by atoms with Crippen LogP contribution in [0.5, 0.6) is 5.75 Å². The van der Waals surface area contributed by atoms with E-state index in [9.17, 15) is 9.90 Å². The molecule has 1 aromatic heterocycles. The molecule has 4 N–H and O–H groups in total. The van der Waals surface area contributed by atoms with Crippen LogP contribution in [0.3, 0.4) is 0 Å². The lowest BCUT2D eigenvalue weighted by molar-refractivity contribution is 0.0996. The van der Waals surface area contributed by atoms with Gasteiger partial charge in [0.2, 0.25) is 5.82 Å². The number of fused-ring (bicyclic) bond motifs is 1. The highest BCUT2D eigenvalue weighted by Gasteiger charge is 2.13. The summed E-state index contributed by atoms with van der Waals surface area (Å²) in [5.41, 5.74) is 5.31. The Morgan fingerprint density at radius 2 is 1.95 bits per heavy atom. The van der Waals surface area contributed by atoms with Gasteiger partial charge in [-0.15, -0.1) is 20.4 Å². The van der Waals surface area contributed by atoms with E-state index in [4.69, 9.17) is 5.73 Å². The first kappa shape index (κ1) is 12.7. The lowest BCUT2D eigenvalue weighted by atomic mass is 10.1. The standard InChI is InChI=1S/C13H10N6O2/c14-12(21)11-13(18-19-16-11)17-15-10-8-4-2-1-3-7(8)5-6-9(10)20/h1-6,20H,(H2,14,21)(H,16,18,19). The van der Waals surface area contributed by atoms with Crippen LogP contribution in [0.2, 0.25) is 0 Å². The molecule has 0 aliphatic carbocycles. The number of primary amides is 1. The smallest absolute Gasteiger partial charge is 0.273 e. The highest BCUT2D eigenvalue weighted by molar-refractivity contribution is 5.96. The van der Waals surface area contributed by atoms with E-state index in [-0.39, 0.29) is 22.9 Å². The van der Waals surface area contributed by atoms with Gasteiger partial charge in [0.15, 0.2) is 5.69 Å². The fraction of sp³-hybridized carbons (Fsp3) is 0. The van der Waals surface area contributed by atoms with E-state index in [1.165, 1.54) is 6.07 Å². The summed E-state index contributed by atoms with van der Waals surface area (Å²) in [7, 11) is 0. The molecule has 1 heterocycles. The van der Waals surface area contributed by atoms with E-state index in [1.807, 2.05) is 18.2 Å². The lowest BCUT2D eigenvalue weighted by Crippen LogP contribution is -2.11. The second-order valence-corrected chi connectivity index (χ2v) is 4.21. The first-order chi connectivity index (χ1) is 10.2. The van der Waals surface area contributed by atoms with Crippen molar-refractivity contribution in [1.29, 1.82) is 0 Å². The number of phenols is 1.